The largest absolute Gasteiger partial charge is 0.481 e. The number of ether oxygens (including phenoxy) is 1. The summed E-state index contributed by atoms with van der Waals surface area (Å²) in [4.78, 5) is 21.9. The average molecular weight is 610 g/mol. The Hall–Kier alpha value is -4.30. The smallest absolute Gasteiger partial charge is 0.307 e. The van der Waals surface area contributed by atoms with Crippen LogP contribution in [0.25, 0.3) is 16.9 Å². The predicted octanol–water partition coefficient (Wildman–Crippen LogP) is 8.23. The summed E-state index contributed by atoms with van der Waals surface area (Å²) in [5.41, 5.74) is 3.63. The summed E-state index contributed by atoms with van der Waals surface area (Å²) in [6.45, 7) is 0. The maximum Gasteiger partial charge on any atom is 0.307 e. The van der Waals surface area contributed by atoms with Crippen LogP contribution in [0.3, 0.4) is 0 Å². The Morgan fingerprint density at radius 2 is 1.32 bits per heavy atom. The second kappa shape index (κ2) is 13.9. The number of nitrogens with zero attached hydrogens (tertiary/aromatic N) is 2. The van der Waals surface area contributed by atoms with E-state index in [0.717, 1.165) is 11.3 Å². The van der Waals surface area contributed by atoms with E-state index in [1.807, 2.05) is 42.5 Å². The van der Waals surface area contributed by atoms with Gasteiger partial charge in [-0.2, -0.15) is 5.10 Å². The van der Waals surface area contributed by atoms with Crippen LogP contribution in [0.15, 0.2) is 103 Å². The zero-order valence-corrected chi connectivity index (χ0v) is 23.6. The Morgan fingerprint density at radius 1 is 0.707 bits per heavy atom. The first kappa shape index (κ1) is 29.7. The molecule has 0 spiro atoms. The quantitative estimate of drug-likeness (QED) is 0.184. The van der Waals surface area contributed by atoms with E-state index < -0.39 is 11.9 Å². The van der Waals surface area contributed by atoms with E-state index in [0.29, 0.717) is 43.4 Å². The minimum Gasteiger partial charge on any atom is -0.481 e. The van der Waals surface area contributed by atoms with Crippen LogP contribution in [0, 0.1) is 0 Å². The van der Waals surface area contributed by atoms with Crippen molar-refractivity contribution in [2.75, 3.05) is 0 Å². The molecule has 1 aromatic heterocycles. The van der Waals surface area contributed by atoms with Crippen molar-refractivity contribution >= 4 is 46.7 Å². The van der Waals surface area contributed by atoms with Crippen molar-refractivity contribution in [1.29, 1.82) is 0 Å². The molecule has 7 nitrogen and oxygen atoms in total. The molecule has 208 valence electrons. The number of para-hydroxylation sites is 2. The molecule has 0 bridgehead atoms. The van der Waals surface area contributed by atoms with Crippen molar-refractivity contribution < 1.29 is 24.5 Å². The highest BCUT2D eigenvalue weighted by atomic mass is 35.5. The van der Waals surface area contributed by atoms with E-state index >= 15 is 0 Å². The van der Waals surface area contributed by atoms with Crippen molar-refractivity contribution in [3.63, 3.8) is 0 Å². The molecule has 0 amide bonds. The number of halogens is 3. The fraction of sp³-hybridized carbons (Fsp3) is 0.0645. The lowest BCUT2D eigenvalue weighted by Crippen LogP contribution is -2.01. The second-order valence-electron chi connectivity index (χ2n) is 8.72. The van der Waals surface area contributed by atoms with E-state index in [2.05, 4.69) is 5.10 Å². The minimum atomic E-state index is -0.918. The summed E-state index contributed by atoms with van der Waals surface area (Å²) in [6, 6.07) is 28.6. The molecule has 0 fully saturated rings. The van der Waals surface area contributed by atoms with Crippen LogP contribution in [0.2, 0.25) is 15.1 Å². The molecular formula is C31H23Cl3N2O5. The number of benzene rings is 4. The summed E-state index contributed by atoms with van der Waals surface area (Å²) in [6.07, 6.45) is 1.57. The first-order valence-corrected chi connectivity index (χ1v) is 13.4. The number of carboxylic acid groups (broad SMARTS) is 2. The Labute approximate surface area is 251 Å². The minimum absolute atomic E-state index is 0.0786. The van der Waals surface area contributed by atoms with Gasteiger partial charge in [-0.1, -0.05) is 83.3 Å². The molecule has 4 aromatic carbocycles. The molecule has 0 unspecified atom stereocenters. The van der Waals surface area contributed by atoms with Crippen LogP contribution in [-0.4, -0.2) is 31.9 Å². The fourth-order valence-corrected chi connectivity index (χ4v) is 4.43. The Morgan fingerprint density at radius 3 is 1.98 bits per heavy atom. The van der Waals surface area contributed by atoms with Gasteiger partial charge in [0, 0.05) is 32.9 Å². The normalized spacial score (nSPS) is 10.4. The van der Waals surface area contributed by atoms with Crippen LogP contribution < -0.4 is 4.74 Å². The average Bonchev–Trinajstić information content (AvgIpc) is 3.35. The number of carbonyl (C=O) groups is 2. The van der Waals surface area contributed by atoms with Gasteiger partial charge in [0.2, 0.25) is 0 Å². The van der Waals surface area contributed by atoms with E-state index in [-0.39, 0.29) is 12.8 Å². The van der Waals surface area contributed by atoms with Gasteiger partial charge in [-0.05, 0) is 48.5 Å². The van der Waals surface area contributed by atoms with Crippen molar-refractivity contribution in [3.05, 3.63) is 129 Å². The van der Waals surface area contributed by atoms with Gasteiger partial charge in [0.25, 0.3) is 0 Å². The lowest BCUT2D eigenvalue weighted by Gasteiger charge is -2.11. The maximum absolute atomic E-state index is 11.1. The summed E-state index contributed by atoms with van der Waals surface area (Å²) < 4.78 is 7.34. The lowest BCUT2D eigenvalue weighted by molar-refractivity contribution is -0.137. The predicted molar refractivity (Wildman–Crippen MR) is 160 cm³/mol. The molecule has 0 aliphatic heterocycles. The van der Waals surface area contributed by atoms with E-state index in [4.69, 9.17) is 49.8 Å². The number of aliphatic carboxylic acids is 2. The van der Waals surface area contributed by atoms with Gasteiger partial charge in [0.1, 0.15) is 11.5 Å². The molecule has 0 atom stereocenters. The van der Waals surface area contributed by atoms with Gasteiger partial charge >= 0.3 is 11.9 Å². The lowest BCUT2D eigenvalue weighted by atomic mass is 10.1. The van der Waals surface area contributed by atoms with Crippen LogP contribution in [0.4, 0.5) is 0 Å². The molecule has 5 aromatic rings. The van der Waals surface area contributed by atoms with Crippen LogP contribution in [-0.2, 0) is 22.4 Å². The summed E-state index contributed by atoms with van der Waals surface area (Å²) >= 11 is 17.7. The zero-order valence-electron chi connectivity index (χ0n) is 21.4. The third-order valence-electron chi connectivity index (χ3n) is 5.70. The number of aromatic nitrogens is 2. The summed E-state index contributed by atoms with van der Waals surface area (Å²) in [7, 11) is 0. The highest BCUT2D eigenvalue weighted by molar-refractivity contribution is 6.35. The van der Waals surface area contributed by atoms with E-state index in [1.165, 1.54) is 0 Å². The molecule has 0 aliphatic carbocycles. The Balaban J connectivity index is 0.000000191. The fourth-order valence-electron chi connectivity index (χ4n) is 3.85. The third-order valence-corrected chi connectivity index (χ3v) is 6.48. The maximum atomic E-state index is 11.1. The summed E-state index contributed by atoms with van der Waals surface area (Å²) in [5, 5.41) is 24.0. The Bertz CT molecular complexity index is 1650. The highest BCUT2D eigenvalue weighted by Crippen LogP contribution is 2.33. The molecule has 0 aliphatic rings. The molecular weight excluding hydrogens is 587 g/mol. The van der Waals surface area contributed by atoms with Gasteiger partial charge < -0.3 is 14.9 Å². The SMILES string of the molecule is O=C(O)Cc1ccccc1Oc1ccc(Cl)cc1Cl.O=C(O)Cc1cn(-c2ccccc2)nc1-c1ccc(Cl)cc1. The molecule has 41 heavy (non-hydrogen) atoms. The van der Waals surface area contributed by atoms with E-state index in [1.54, 1.807) is 65.5 Å². The first-order chi connectivity index (χ1) is 19.7. The number of rotatable bonds is 8. The molecule has 1 heterocycles. The molecule has 0 saturated heterocycles. The van der Waals surface area contributed by atoms with E-state index in [9.17, 15) is 9.59 Å². The van der Waals surface area contributed by atoms with Crippen molar-refractivity contribution in [2.24, 2.45) is 0 Å². The van der Waals surface area contributed by atoms with Crippen molar-refractivity contribution in [1.82, 2.24) is 9.78 Å². The van der Waals surface area contributed by atoms with Crippen LogP contribution in [0.5, 0.6) is 11.5 Å². The zero-order chi connectivity index (χ0) is 29.4. The van der Waals surface area contributed by atoms with Gasteiger partial charge in [-0.15, -0.1) is 0 Å². The van der Waals surface area contributed by atoms with Crippen molar-refractivity contribution in [2.45, 2.75) is 12.8 Å². The van der Waals surface area contributed by atoms with Crippen molar-refractivity contribution in [3.8, 4) is 28.4 Å². The standard InChI is InChI=1S/C17H13ClN2O2.C14H10Cl2O3/c18-14-8-6-12(7-9-14)17-13(10-16(21)22)11-20(19-17)15-4-2-1-3-5-15;15-10-5-6-13(11(16)8-10)19-12-4-2-1-3-9(12)7-14(17)18/h1-9,11H,10H2,(H,21,22);1-6,8H,7H2,(H,17,18). The van der Waals surface area contributed by atoms with Gasteiger partial charge in [-0.25, -0.2) is 4.68 Å². The molecule has 10 heteroatoms. The van der Waals surface area contributed by atoms with Gasteiger partial charge in [0.05, 0.1) is 29.2 Å². The third kappa shape index (κ3) is 8.35. The summed E-state index contributed by atoms with van der Waals surface area (Å²) in [5.74, 6) is -0.904. The number of hydrogen-bond acceptors (Lipinski definition) is 4. The second-order valence-corrected chi connectivity index (χ2v) is 10.00. The highest BCUT2D eigenvalue weighted by Gasteiger charge is 2.15. The molecule has 2 N–H and O–H groups in total. The van der Waals surface area contributed by atoms with Gasteiger partial charge in [-0.3, -0.25) is 9.59 Å². The molecule has 0 radical (unpaired) electrons. The topological polar surface area (TPSA) is 102 Å². The van der Waals surface area contributed by atoms with Crippen LogP contribution >= 0.6 is 34.8 Å². The molecule has 5 rings (SSSR count). The van der Waals surface area contributed by atoms with Crippen LogP contribution in [0.1, 0.15) is 11.1 Å². The monoisotopic (exact) mass is 608 g/mol. The number of hydrogen-bond donors (Lipinski definition) is 2. The van der Waals surface area contributed by atoms with Gasteiger partial charge in [0.15, 0.2) is 0 Å². The Kier molecular flexibility index (Phi) is 10.0. The molecule has 0 saturated carbocycles. The number of carboxylic acids is 2. The first-order valence-electron chi connectivity index (χ1n) is 12.2.